The molecule has 2 aromatic rings. The molecule has 1 N–H and O–H groups in total. The molecule has 0 saturated carbocycles. The van der Waals surface area contributed by atoms with Gasteiger partial charge in [-0.15, -0.1) is 0 Å². The molecule has 21 heavy (non-hydrogen) atoms. The fraction of sp³-hybridized carbons (Fsp3) is 0.231. The van der Waals surface area contributed by atoms with Gasteiger partial charge in [0.15, 0.2) is 0 Å². The molecule has 2 rings (SSSR count). The van der Waals surface area contributed by atoms with Crippen molar-refractivity contribution in [2.45, 2.75) is 24.8 Å². The summed E-state index contributed by atoms with van der Waals surface area (Å²) in [5.41, 5.74) is 0.242. The number of halogens is 1. The Hall–Kier alpha value is -1.86. The van der Waals surface area contributed by atoms with Crippen LogP contribution in [0.15, 0.2) is 41.7 Å². The molecule has 8 heteroatoms. The fourth-order valence-electron chi connectivity index (χ4n) is 1.55. The Morgan fingerprint density at radius 1 is 1.29 bits per heavy atom. The third-order valence-corrected chi connectivity index (χ3v) is 4.22. The third kappa shape index (κ3) is 3.83. The van der Waals surface area contributed by atoms with Crippen LogP contribution in [0.25, 0.3) is 0 Å². The summed E-state index contributed by atoms with van der Waals surface area (Å²) in [5.74, 6) is 0.205. The molecule has 0 atom stereocenters. The molecule has 0 saturated heterocycles. The Morgan fingerprint density at radius 2 is 2.05 bits per heavy atom. The van der Waals surface area contributed by atoms with Gasteiger partial charge in [-0.05, 0) is 32.0 Å². The van der Waals surface area contributed by atoms with E-state index in [1.807, 2.05) is 13.8 Å². The van der Waals surface area contributed by atoms with E-state index in [1.165, 1.54) is 24.7 Å². The van der Waals surface area contributed by atoms with Crippen LogP contribution < -0.4 is 9.46 Å². The number of hydrogen-bond acceptors (Lipinski definition) is 5. The third-order valence-electron chi connectivity index (χ3n) is 2.39. The zero-order chi connectivity index (χ0) is 15.5. The number of ether oxygens (including phenoxy) is 1. The van der Waals surface area contributed by atoms with Crippen LogP contribution in [0.2, 0.25) is 5.02 Å². The number of aromatic nitrogens is 2. The number of nitrogens with zero attached hydrogens (tertiary/aromatic N) is 2. The maximum atomic E-state index is 12.3. The molecule has 0 aliphatic heterocycles. The van der Waals surface area contributed by atoms with E-state index >= 15 is 0 Å². The van der Waals surface area contributed by atoms with Crippen LogP contribution in [0.4, 0.5) is 5.69 Å². The molecular formula is C13H14ClN3O3S. The molecule has 2 aromatic heterocycles. The summed E-state index contributed by atoms with van der Waals surface area (Å²) in [7, 11) is -3.87. The van der Waals surface area contributed by atoms with Crippen molar-refractivity contribution in [2.24, 2.45) is 0 Å². The van der Waals surface area contributed by atoms with E-state index in [2.05, 4.69) is 14.7 Å². The average molecular weight is 328 g/mol. The number of anilines is 1. The van der Waals surface area contributed by atoms with E-state index in [0.29, 0.717) is 0 Å². The van der Waals surface area contributed by atoms with Crippen molar-refractivity contribution >= 4 is 27.3 Å². The van der Waals surface area contributed by atoms with Crippen molar-refractivity contribution in [2.75, 3.05) is 4.72 Å². The Labute approximate surface area is 128 Å². The van der Waals surface area contributed by atoms with Gasteiger partial charge >= 0.3 is 0 Å². The van der Waals surface area contributed by atoms with Gasteiger partial charge in [0.2, 0.25) is 5.88 Å². The van der Waals surface area contributed by atoms with Gasteiger partial charge in [-0.25, -0.2) is 13.4 Å². The minimum Gasteiger partial charge on any atom is -0.473 e. The summed E-state index contributed by atoms with van der Waals surface area (Å²) in [6.45, 7) is 3.65. The fourth-order valence-corrected chi connectivity index (χ4v) is 3.04. The second-order valence-corrected chi connectivity index (χ2v) is 6.49. The van der Waals surface area contributed by atoms with E-state index in [0.717, 1.165) is 0 Å². The lowest BCUT2D eigenvalue weighted by Crippen LogP contribution is -2.16. The molecule has 0 unspecified atom stereocenters. The van der Waals surface area contributed by atoms with Crippen LogP contribution in [0, 0.1) is 0 Å². The number of rotatable bonds is 5. The monoisotopic (exact) mass is 327 g/mol. The van der Waals surface area contributed by atoms with Crippen LogP contribution >= 0.6 is 11.6 Å². The smallest absolute Gasteiger partial charge is 0.265 e. The van der Waals surface area contributed by atoms with Crippen LogP contribution in [-0.2, 0) is 10.0 Å². The van der Waals surface area contributed by atoms with E-state index in [1.54, 1.807) is 12.1 Å². The van der Waals surface area contributed by atoms with Crippen molar-refractivity contribution in [3.8, 4) is 5.88 Å². The van der Waals surface area contributed by atoms with Gasteiger partial charge in [0.25, 0.3) is 10.0 Å². The first-order chi connectivity index (χ1) is 9.90. The van der Waals surface area contributed by atoms with Crippen LogP contribution in [0.1, 0.15) is 13.8 Å². The van der Waals surface area contributed by atoms with Gasteiger partial charge in [-0.1, -0.05) is 11.6 Å². The molecule has 6 nitrogen and oxygen atoms in total. The first-order valence-corrected chi connectivity index (χ1v) is 8.00. The zero-order valence-electron chi connectivity index (χ0n) is 11.4. The topological polar surface area (TPSA) is 81.2 Å². The predicted molar refractivity (Wildman–Crippen MR) is 80.1 cm³/mol. The number of nitrogens with one attached hydrogen (secondary N) is 1. The molecule has 0 aromatic carbocycles. The lowest BCUT2D eigenvalue weighted by Gasteiger charge is -2.14. The first kappa shape index (κ1) is 15.5. The highest BCUT2D eigenvalue weighted by atomic mass is 35.5. The largest absolute Gasteiger partial charge is 0.473 e. The quantitative estimate of drug-likeness (QED) is 0.913. The number of hydrogen-bond donors (Lipinski definition) is 1. The second kappa shape index (κ2) is 6.28. The number of sulfonamides is 1. The van der Waals surface area contributed by atoms with Crippen LogP contribution in [-0.4, -0.2) is 24.5 Å². The lowest BCUT2D eigenvalue weighted by molar-refractivity contribution is 0.234. The Morgan fingerprint density at radius 3 is 2.71 bits per heavy atom. The maximum absolute atomic E-state index is 12.3. The van der Waals surface area contributed by atoms with Crippen LogP contribution in [0.5, 0.6) is 5.88 Å². The van der Waals surface area contributed by atoms with E-state index in [-0.39, 0.29) is 27.6 Å². The molecule has 0 spiro atoms. The molecule has 2 heterocycles. The minimum atomic E-state index is -3.87. The Balaban J connectivity index is 2.36. The van der Waals surface area contributed by atoms with Crippen molar-refractivity contribution in [3.05, 3.63) is 41.8 Å². The number of pyridine rings is 2. The second-order valence-electron chi connectivity index (χ2n) is 4.43. The van der Waals surface area contributed by atoms with Crippen molar-refractivity contribution < 1.29 is 13.2 Å². The molecule has 0 aliphatic rings. The van der Waals surface area contributed by atoms with E-state index < -0.39 is 10.0 Å². The zero-order valence-corrected chi connectivity index (χ0v) is 13.0. The molecule has 0 amide bonds. The van der Waals surface area contributed by atoms with Gasteiger partial charge in [0, 0.05) is 18.6 Å². The molecular weight excluding hydrogens is 314 g/mol. The van der Waals surface area contributed by atoms with Crippen molar-refractivity contribution in [1.29, 1.82) is 0 Å². The standard InChI is InChI=1S/C13H14ClN3O3S/c1-9(2)20-13-11(4-3-6-16-13)17-21(18,19)12-8-15-7-5-10(12)14/h3-9,17H,1-2H3. The Bertz CT molecular complexity index is 735. The molecule has 0 bridgehead atoms. The molecule has 0 fully saturated rings. The predicted octanol–water partition coefficient (Wildman–Crippen LogP) is 2.72. The highest BCUT2D eigenvalue weighted by molar-refractivity contribution is 7.92. The average Bonchev–Trinajstić information content (AvgIpc) is 2.40. The summed E-state index contributed by atoms with van der Waals surface area (Å²) in [6.07, 6.45) is 3.99. The molecule has 0 radical (unpaired) electrons. The van der Waals surface area contributed by atoms with E-state index in [9.17, 15) is 8.42 Å². The van der Waals surface area contributed by atoms with Gasteiger partial charge in [0.1, 0.15) is 10.6 Å². The SMILES string of the molecule is CC(C)Oc1ncccc1NS(=O)(=O)c1cnccc1Cl. The maximum Gasteiger partial charge on any atom is 0.265 e. The van der Waals surface area contributed by atoms with Gasteiger partial charge < -0.3 is 4.74 Å². The summed E-state index contributed by atoms with van der Waals surface area (Å²) < 4.78 is 32.6. The summed E-state index contributed by atoms with van der Waals surface area (Å²) in [5, 5.41) is 0.0905. The normalized spacial score (nSPS) is 11.4. The van der Waals surface area contributed by atoms with Crippen LogP contribution in [0.3, 0.4) is 0 Å². The lowest BCUT2D eigenvalue weighted by atomic mass is 10.4. The molecule has 112 valence electrons. The van der Waals surface area contributed by atoms with Gasteiger partial charge in [0.05, 0.1) is 11.1 Å². The first-order valence-electron chi connectivity index (χ1n) is 6.14. The van der Waals surface area contributed by atoms with Gasteiger partial charge in [-0.3, -0.25) is 9.71 Å². The summed E-state index contributed by atoms with van der Waals surface area (Å²) >= 11 is 5.89. The highest BCUT2D eigenvalue weighted by Gasteiger charge is 2.20. The van der Waals surface area contributed by atoms with Crippen molar-refractivity contribution in [3.63, 3.8) is 0 Å². The van der Waals surface area contributed by atoms with Crippen molar-refractivity contribution in [1.82, 2.24) is 9.97 Å². The van der Waals surface area contributed by atoms with Gasteiger partial charge in [-0.2, -0.15) is 0 Å². The van der Waals surface area contributed by atoms with E-state index in [4.69, 9.17) is 16.3 Å². The minimum absolute atomic E-state index is 0.0905. The summed E-state index contributed by atoms with van der Waals surface area (Å²) in [4.78, 5) is 7.69. The highest BCUT2D eigenvalue weighted by Crippen LogP contribution is 2.27. The molecule has 0 aliphatic carbocycles. The Kier molecular flexibility index (Phi) is 4.64. The summed E-state index contributed by atoms with van der Waals surface area (Å²) in [6, 6.07) is 4.58.